The number of rotatable bonds is 7. The fourth-order valence-corrected chi connectivity index (χ4v) is 2.44. The first-order chi connectivity index (χ1) is 11.5. The third-order valence-electron chi connectivity index (χ3n) is 3.72. The molecule has 1 aliphatic rings. The molecule has 0 spiro atoms. The van der Waals surface area contributed by atoms with Gasteiger partial charge < -0.3 is 30.6 Å². The van der Waals surface area contributed by atoms with Crippen molar-refractivity contribution in [3.8, 4) is 11.5 Å². The van der Waals surface area contributed by atoms with Crippen LogP contribution in [0.25, 0.3) is 0 Å². The van der Waals surface area contributed by atoms with Gasteiger partial charge in [0.05, 0.1) is 26.9 Å². The van der Waals surface area contributed by atoms with E-state index in [-0.39, 0.29) is 24.5 Å². The summed E-state index contributed by atoms with van der Waals surface area (Å²) < 4.78 is 15.8. The Labute approximate surface area is 140 Å². The van der Waals surface area contributed by atoms with Gasteiger partial charge in [0.1, 0.15) is 17.6 Å². The second kappa shape index (κ2) is 8.51. The predicted octanol–water partition coefficient (Wildman–Crippen LogP) is 0.265. The zero-order chi connectivity index (χ0) is 17.5. The fourth-order valence-electron chi connectivity index (χ4n) is 2.44. The van der Waals surface area contributed by atoms with Crippen LogP contribution in [0.3, 0.4) is 0 Å². The minimum atomic E-state index is -0.539. The van der Waals surface area contributed by atoms with Crippen LogP contribution in [0.15, 0.2) is 18.2 Å². The largest absolute Gasteiger partial charge is 0.497 e. The number of amides is 2. The minimum Gasteiger partial charge on any atom is -0.497 e. The molecule has 2 amide bonds. The highest BCUT2D eigenvalue weighted by Gasteiger charge is 2.29. The Morgan fingerprint density at radius 3 is 2.42 bits per heavy atom. The predicted molar refractivity (Wildman–Crippen MR) is 88.1 cm³/mol. The number of ether oxygens (including phenoxy) is 3. The maximum Gasteiger partial charge on any atom is 0.249 e. The maximum atomic E-state index is 12.0. The van der Waals surface area contributed by atoms with E-state index in [9.17, 15) is 9.59 Å². The summed E-state index contributed by atoms with van der Waals surface area (Å²) in [6, 6.07) is 5.02. The number of nitrogens with two attached hydrogens (primary N) is 1. The quantitative estimate of drug-likeness (QED) is 0.658. The van der Waals surface area contributed by atoms with Crippen LogP contribution in [0.4, 0.5) is 5.69 Å². The highest BCUT2D eigenvalue weighted by atomic mass is 16.5. The summed E-state index contributed by atoms with van der Waals surface area (Å²) in [5.74, 6) is 0.457. The smallest absolute Gasteiger partial charge is 0.249 e. The topological polar surface area (TPSA) is 112 Å². The number of carbonyl (C=O) groups excluding carboxylic acids is 2. The third kappa shape index (κ3) is 4.84. The Bertz CT molecular complexity index is 571. The normalized spacial score (nSPS) is 19.6. The average Bonchev–Trinajstić information content (AvgIpc) is 3.08. The van der Waals surface area contributed by atoms with E-state index in [1.54, 1.807) is 18.2 Å². The molecule has 0 saturated carbocycles. The summed E-state index contributed by atoms with van der Waals surface area (Å²) in [6.07, 6.45) is 0.745. The zero-order valence-corrected chi connectivity index (χ0v) is 13.8. The summed E-state index contributed by atoms with van der Waals surface area (Å²) in [4.78, 5) is 24.0. The van der Waals surface area contributed by atoms with Crippen molar-refractivity contribution in [3.05, 3.63) is 18.2 Å². The summed E-state index contributed by atoms with van der Waals surface area (Å²) in [5.41, 5.74) is 6.03. The van der Waals surface area contributed by atoms with Crippen LogP contribution in [0.2, 0.25) is 0 Å². The van der Waals surface area contributed by atoms with Gasteiger partial charge in [-0.1, -0.05) is 0 Å². The van der Waals surface area contributed by atoms with Gasteiger partial charge in [-0.05, 0) is 12.8 Å². The van der Waals surface area contributed by atoms with Crippen molar-refractivity contribution in [1.82, 2.24) is 5.32 Å². The molecule has 2 atom stereocenters. The molecule has 8 heteroatoms. The molecular weight excluding hydrogens is 314 g/mol. The van der Waals surface area contributed by atoms with Gasteiger partial charge in [-0.15, -0.1) is 0 Å². The van der Waals surface area contributed by atoms with Gasteiger partial charge in [-0.3, -0.25) is 9.59 Å². The van der Waals surface area contributed by atoms with E-state index in [1.807, 2.05) is 0 Å². The molecule has 24 heavy (non-hydrogen) atoms. The molecule has 0 radical (unpaired) electrons. The van der Waals surface area contributed by atoms with Gasteiger partial charge in [0, 0.05) is 30.4 Å². The van der Waals surface area contributed by atoms with Crippen LogP contribution >= 0.6 is 0 Å². The summed E-state index contributed by atoms with van der Waals surface area (Å²) in [5, 5.41) is 5.25. The number of hydrogen-bond donors (Lipinski definition) is 3. The Kier molecular flexibility index (Phi) is 6.39. The van der Waals surface area contributed by atoms with Crippen LogP contribution < -0.4 is 25.8 Å². The summed E-state index contributed by atoms with van der Waals surface area (Å²) >= 11 is 0. The molecule has 0 bridgehead atoms. The fraction of sp³-hybridized carbons (Fsp3) is 0.500. The summed E-state index contributed by atoms with van der Waals surface area (Å²) in [7, 11) is 3.05. The first-order valence-electron chi connectivity index (χ1n) is 7.72. The van der Waals surface area contributed by atoms with Crippen LogP contribution in [-0.2, 0) is 14.3 Å². The lowest BCUT2D eigenvalue weighted by Crippen LogP contribution is -2.39. The summed E-state index contributed by atoms with van der Waals surface area (Å²) in [6.45, 7) is 0.244. The van der Waals surface area contributed by atoms with Gasteiger partial charge in [-0.25, -0.2) is 0 Å². The molecule has 1 aromatic rings. The van der Waals surface area contributed by atoms with Crippen LogP contribution in [0, 0.1) is 0 Å². The Balaban J connectivity index is 1.84. The second-order valence-corrected chi connectivity index (χ2v) is 5.43. The van der Waals surface area contributed by atoms with E-state index in [0.29, 0.717) is 30.2 Å². The van der Waals surface area contributed by atoms with Crippen molar-refractivity contribution in [2.75, 3.05) is 32.6 Å². The molecule has 4 N–H and O–H groups in total. The van der Waals surface area contributed by atoms with Crippen molar-refractivity contribution in [3.63, 3.8) is 0 Å². The number of methoxy groups -OCH3 is 2. The monoisotopic (exact) mass is 337 g/mol. The van der Waals surface area contributed by atoms with E-state index in [2.05, 4.69) is 10.6 Å². The molecule has 1 aliphatic heterocycles. The first-order valence-corrected chi connectivity index (χ1v) is 7.72. The zero-order valence-electron chi connectivity index (χ0n) is 13.8. The van der Waals surface area contributed by atoms with Gasteiger partial charge in [0.2, 0.25) is 11.8 Å². The third-order valence-corrected chi connectivity index (χ3v) is 3.72. The van der Waals surface area contributed by atoms with Crippen molar-refractivity contribution in [2.24, 2.45) is 5.73 Å². The molecule has 0 aliphatic carbocycles. The molecule has 1 saturated heterocycles. The Hall–Kier alpha value is -2.32. The van der Waals surface area contributed by atoms with Crippen molar-refractivity contribution >= 4 is 17.5 Å². The molecule has 1 aromatic carbocycles. The maximum absolute atomic E-state index is 12.0. The number of anilines is 1. The molecule has 0 aromatic heterocycles. The molecule has 132 valence electrons. The highest BCUT2D eigenvalue weighted by molar-refractivity contribution is 5.95. The van der Waals surface area contributed by atoms with E-state index >= 15 is 0 Å². The molecule has 1 heterocycles. The van der Waals surface area contributed by atoms with Crippen molar-refractivity contribution in [1.29, 1.82) is 0 Å². The standard InChI is InChI=1S/C16H23N3O5/c1-22-12-5-10(6-13(7-12)23-2)19-15(20)9-18-16(21)14-4-3-11(8-17)24-14/h5-7,11,14H,3-4,8-9,17H2,1-2H3,(H,18,21)(H,19,20)/t11-,14+/m1/s1. The minimum absolute atomic E-state index is 0.0844. The van der Waals surface area contributed by atoms with Crippen molar-refractivity contribution in [2.45, 2.75) is 25.0 Å². The van der Waals surface area contributed by atoms with Gasteiger partial charge >= 0.3 is 0 Å². The second-order valence-electron chi connectivity index (χ2n) is 5.43. The van der Waals surface area contributed by atoms with E-state index in [4.69, 9.17) is 19.9 Å². The number of carbonyl (C=O) groups is 2. The Morgan fingerprint density at radius 2 is 1.88 bits per heavy atom. The van der Waals surface area contributed by atoms with Crippen LogP contribution in [-0.4, -0.2) is 51.3 Å². The SMILES string of the molecule is COc1cc(NC(=O)CNC(=O)[C@@H]2CC[C@H](CN)O2)cc(OC)c1. The first kappa shape index (κ1) is 18.0. The number of hydrogen-bond acceptors (Lipinski definition) is 6. The lowest BCUT2D eigenvalue weighted by Gasteiger charge is -2.13. The van der Waals surface area contributed by atoms with E-state index in [0.717, 1.165) is 6.42 Å². The molecule has 1 fully saturated rings. The van der Waals surface area contributed by atoms with Gasteiger partial charge in [-0.2, -0.15) is 0 Å². The number of nitrogens with one attached hydrogen (secondary N) is 2. The molecular formula is C16H23N3O5. The van der Waals surface area contributed by atoms with Crippen LogP contribution in [0.5, 0.6) is 11.5 Å². The highest BCUT2D eigenvalue weighted by Crippen LogP contribution is 2.25. The van der Waals surface area contributed by atoms with Crippen molar-refractivity contribution < 1.29 is 23.8 Å². The van der Waals surface area contributed by atoms with Gasteiger partial charge in [0.15, 0.2) is 0 Å². The molecule has 2 rings (SSSR count). The van der Waals surface area contributed by atoms with Crippen LogP contribution in [0.1, 0.15) is 12.8 Å². The lowest BCUT2D eigenvalue weighted by atomic mass is 10.2. The van der Waals surface area contributed by atoms with E-state index < -0.39 is 6.10 Å². The lowest BCUT2D eigenvalue weighted by molar-refractivity contribution is -0.133. The Morgan fingerprint density at radius 1 is 1.21 bits per heavy atom. The molecule has 8 nitrogen and oxygen atoms in total. The van der Waals surface area contributed by atoms with E-state index in [1.165, 1.54) is 14.2 Å². The number of benzene rings is 1. The molecule has 0 unspecified atom stereocenters. The van der Waals surface area contributed by atoms with Gasteiger partial charge in [0.25, 0.3) is 0 Å². The average molecular weight is 337 g/mol.